The van der Waals surface area contributed by atoms with E-state index in [9.17, 15) is 9.59 Å². The van der Waals surface area contributed by atoms with Crippen molar-refractivity contribution in [2.75, 3.05) is 11.4 Å². The number of rotatable bonds is 6. The first-order valence-corrected chi connectivity index (χ1v) is 9.74. The highest BCUT2D eigenvalue weighted by Crippen LogP contribution is 2.32. The fraction of sp³-hybridized carbons (Fsp3) is 0.391. The Bertz CT molecular complexity index is 830. The maximum absolute atomic E-state index is 12.8. The molecule has 0 saturated carbocycles. The molecule has 27 heavy (non-hydrogen) atoms. The number of carbonyl (C=O) groups excluding carboxylic acids is 2. The van der Waals surface area contributed by atoms with Crippen molar-refractivity contribution in [2.24, 2.45) is 5.92 Å². The van der Waals surface area contributed by atoms with Gasteiger partial charge in [-0.15, -0.1) is 0 Å². The Morgan fingerprint density at radius 2 is 1.85 bits per heavy atom. The van der Waals surface area contributed by atoms with Crippen LogP contribution in [0.3, 0.4) is 0 Å². The minimum atomic E-state index is -0.438. The zero-order valence-corrected chi connectivity index (χ0v) is 16.3. The van der Waals surface area contributed by atoms with E-state index in [0.717, 1.165) is 29.7 Å². The molecule has 0 bridgehead atoms. The van der Waals surface area contributed by atoms with Crippen molar-refractivity contribution in [1.82, 2.24) is 0 Å². The van der Waals surface area contributed by atoms with Crippen LogP contribution in [0.25, 0.3) is 0 Å². The van der Waals surface area contributed by atoms with Crippen molar-refractivity contribution in [3.05, 3.63) is 59.7 Å². The summed E-state index contributed by atoms with van der Waals surface area (Å²) in [5.41, 5.74) is 3.05. The molecule has 3 rings (SSSR count). The zero-order chi connectivity index (χ0) is 19.4. The molecule has 0 spiro atoms. The van der Waals surface area contributed by atoms with Gasteiger partial charge in [0.25, 0.3) is 0 Å². The standard InChI is InChI=1S/C23H27NO3/c1-4-16(3)19-11-7-9-13-21(19)27-23(26)18-14-22(25)24(15-18)20-12-8-6-10-17(20)5-2/h6-13,16,18H,4-5,14-15H2,1-3H3/t16-,18-/m0/s1. The lowest BCUT2D eigenvalue weighted by Crippen LogP contribution is -2.28. The number of benzene rings is 2. The van der Waals surface area contributed by atoms with Crippen LogP contribution in [0.4, 0.5) is 5.69 Å². The Morgan fingerprint density at radius 3 is 2.59 bits per heavy atom. The molecule has 0 radical (unpaired) electrons. The van der Waals surface area contributed by atoms with Gasteiger partial charge >= 0.3 is 5.97 Å². The molecule has 2 aromatic carbocycles. The van der Waals surface area contributed by atoms with E-state index in [-0.39, 0.29) is 18.3 Å². The normalized spacial score (nSPS) is 17.8. The van der Waals surface area contributed by atoms with Gasteiger partial charge in [-0.2, -0.15) is 0 Å². The molecule has 0 aromatic heterocycles. The lowest BCUT2D eigenvalue weighted by molar-refractivity contribution is -0.139. The van der Waals surface area contributed by atoms with E-state index in [4.69, 9.17) is 4.74 Å². The van der Waals surface area contributed by atoms with Crippen LogP contribution in [0.2, 0.25) is 0 Å². The second kappa shape index (κ2) is 8.38. The molecule has 4 heteroatoms. The van der Waals surface area contributed by atoms with Crippen molar-refractivity contribution in [2.45, 2.75) is 46.0 Å². The van der Waals surface area contributed by atoms with Crippen molar-refractivity contribution in [3.8, 4) is 5.75 Å². The highest BCUT2D eigenvalue weighted by atomic mass is 16.5. The predicted octanol–water partition coefficient (Wildman–Crippen LogP) is 4.72. The Labute approximate surface area is 161 Å². The van der Waals surface area contributed by atoms with Crippen LogP contribution in [0, 0.1) is 5.92 Å². The van der Waals surface area contributed by atoms with Gasteiger partial charge in [0.15, 0.2) is 0 Å². The van der Waals surface area contributed by atoms with Crippen molar-refractivity contribution in [1.29, 1.82) is 0 Å². The Morgan fingerprint density at radius 1 is 1.15 bits per heavy atom. The second-order valence-electron chi connectivity index (χ2n) is 7.16. The number of ether oxygens (including phenoxy) is 1. The van der Waals surface area contributed by atoms with Crippen LogP contribution >= 0.6 is 0 Å². The van der Waals surface area contributed by atoms with E-state index in [1.807, 2.05) is 48.5 Å². The minimum absolute atomic E-state index is 0.0203. The lowest BCUT2D eigenvalue weighted by atomic mass is 9.98. The van der Waals surface area contributed by atoms with Gasteiger partial charge in [0, 0.05) is 18.7 Å². The number of aryl methyl sites for hydroxylation is 1. The van der Waals surface area contributed by atoms with Crippen LogP contribution in [0.5, 0.6) is 5.75 Å². The summed E-state index contributed by atoms with van der Waals surface area (Å²) in [7, 11) is 0. The van der Waals surface area contributed by atoms with Gasteiger partial charge in [-0.3, -0.25) is 9.59 Å². The monoisotopic (exact) mass is 365 g/mol. The van der Waals surface area contributed by atoms with Gasteiger partial charge in [0.1, 0.15) is 5.75 Å². The van der Waals surface area contributed by atoms with Crippen LogP contribution in [-0.4, -0.2) is 18.4 Å². The van der Waals surface area contributed by atoms with Gasteiger partial charge in [-0.05, 0) is 42.0 Å². The number of amides is 1. The third-order valence-electron chi connectivity index (χ3n) is 5.39. The first-order valence-electron chi connectivity index (χ1n) is 9.74. The SMILES string of the molecule is CCc1ccccc1N1C[C@@H](C(=O)Oc2ccccc2[C@@H](C)CC)CC1=O. The second-order valence-corrected chi connectivity index (χ2v) is 7.16. The quantitative estimate of drug-likeness (QED) is 0.550. The number of hydrogen-bond acceptors (Lipinski definition) is 3. The first kappa shape index (κ1) is 19.2. The number of anilines is 1. The van der Waals surface area contributed by atoms with Crippen molar-refractivity contribution in [3.63, 3.8) is 0 Å². The van der Waals surface area contributed by atoms with Gasteiger partial charge in [-0.1, -0.05) is 57.2 Å². The molecule has 0 unspecified atom stereocenters. The van der Waals surface area contributed by atoms with Crippen LogP contribution in [0.1, 0.15) is 50.7 Å². The molecule has 1 aliphatic rings. The van der Waals surface area contributed by atoms with Crippen molar-refractivity contribution < 1.29 is 14.3 Å². The maximum atomic E-state index is 12.8. The van der Waals surface area contributed by atoms with E-state index >= 15 is 0 Å². The molecule has 4 nitrogen and oxygen atoms in total. The summed E-state index contributed by atoms with van der Waals surface area (Å²) in [5.74, 6) is 0.139. The van der Waals surface area contributed by atoms with Gasteiger partial charge in [-0.25, -0.2) is 0 Å². The Hall–Kier alpha value is -2.62. The van der Waals surface area contributed by atoms with E-state index in [0.29, 0.717) is 18.2 Å². The fourth-order valence-corrected chi connectivity index (χ4v) is 3.56. The number of hydrogen-bond donors (Lipinski definition) is 0. The minimum Gasteiger partial charge on any atom is -0.426 e. The summed E-state index contributed by atoms with van der Waals surface area (Å²) in [5, 5.41) is 0. The van der Waals surface area contributed by atoms with Crippen molar-refractivity contribution >= 4 is 17.6 Å². The summed E-state index contributed by atoms with van der Waals surface area (Å²) in [6.07, 6.45) is 2.01. The van der Waals surface area contributed by atoms with E-state index in [1.165, 1.54) is 0 Å². The fourth-order valence-electron chi connectivity index (χ4n) is 3.56. The number of para-hydroxylation sites is 2. The summed E-state index contributed by atoms with van der Waals surface area (Å²) < 4.78 is 5.72. The molecule has 1 heterocycles. The Kier molecular flexibility index (Phi) is 5.94. The molecule has 2 aromatic rings. The molecule has 1 aliphatic heterocycles. The highest BCUT2D eigenvalue weighted by Gasteiger charge is 2.37. The van der Waals surface area contributed by atoms with E-state index < -0.39 is 5.92 Å². The Balaban J connectivity index is 1.75. The van der Waals surface area contributed by atoms with Crippen LogP contribution in [-0.2, 0) is 16.0 Å². The molecule has 1 fully saturated rings. The first-order chi connectivity index (χ1) is 13.0. The van der Waals surface area contributed by atoms with Gasteiger partial charge in [0.2, 0.25) is 5.91 Å². The van der Waals surface area contributed by atoms with Gasteiger partial charge < -0.3 is 9.64 Å². The summed E-state index contributed by atoms with van der Waals surface area (Å²) in [4.78, 5) is 27.0. The summed E-state index contributed by atoms with van der Waals surface area (Å²) in [6.45, 7) is 6.67. The molecule has 142 valence electrons. The number of esters is 1. The van der Waals surface area contributed by atoms with Gasteiger partial charge in [0.05, 0.1) is 5.92 Å². The summed E-state index contributed by atoms with van der Waals surface area (Å²) >= 11 is 0. The maximum Gasteiger partial charge on any atom is 0.316 e. The predicted molar refractivity (Wildman–Crippen MR) is 107 cm³/mol. The van der Waals surface area contributed by atoms with E-state index in [2.05, 4.69) is 20.8 Å². The van der Waals surface area contributed by atoms with Crippen LogP contribution in [0.15, 0.2) is 48.5 Å². The summed E-state index contributed by atoms with van der Waals surface area (Å²) in [6, 6.07) is 15.5. The average Bonchev–Trinajstić information content (AvgIpc) is 3.09. The molecule has 1 amide bonds. The number of nitrogens with zero attached hydrogens (tertiary/aromatic N) is 1. The number of carbonyl (C=O) groups is 2. The smallest absolute Gasteiger partial charge is 0.316 e. The lowest BCUT2D eigenvalue weighted by Gasteiger charge is -2.20. The highest BCUT2D eigenvalue weighted by molar-refractivity contribution is 6.00. The molecule has 0 N–H and O–H groups in total. The molecular weight excluding hydrogens is 338 g/mol. The largest absolute Gasteiger partial charge is 0.426 e. The van der Waals surface area contributed by atoms with Crippen LogP contribution < -0.4 is 9.64 Å². The third-order valence-corrected chi connectivity index (χ3v) is 5.39. The average molecular weight is 365 g/mol. The van der Waals surface area contributed by atoms with E-state index in [1.54, 1.807) is 4.90 Å². The zero-order valence-electron chi connectivity index (χ0n) is 16.3. The third kappa shape index (κ3) is 4.05. The molecule has 2 atom stereocenters. The molecular formula is C23H27NO3. The molecule has 0 aliphatic carbocycles. The molecule has 1 saturated heterocycles. The topological polar surface area (TPSA) is 46.6 Å².